The number of aromatic nitrogens is 4. The maximum Gasteiger partial charge on any atom is 0.136 e. The van der Waals surface area contributed by atoms with Gasteiger partial charge in [-0.3, -0.25) is 0 Å². The van der Waals surface area contributed by atoms with Gasteiger partial charge in [0.25, 0.3) is 0 Å². The van der Waals surface area contributed by atoms with Crippen LogP contribution in [0.15, 0.2) is 61.2 Å². The third-order valence-corrected chi connectivity index (χ3v) is 4.20. The smallest absolute Gasteiger partial charge is 0.136 e. The van der Waals surface area contributed by atoms with Gasteiger partial charge in [-0.05, 0) is 30.2 Å². The molecule has 110 valence electrons. The van der Waals surface area contributed by atoms with Crippen molar-refractivity contribution in [2.75, 3.05) is 0 Å². The molecule has 0 spiro atoms. The molecule has 4 rings (SSSR count). The van der Waals surface area contributed by atoms with Crippen LogP contribution in [0.1, 0.15) is 31.2 Å². The van der Waals surface area contributed by atoms with Gasteiger partial charge in [0.05, 0.1) is 11.4 Å². The summed E-state index contributed by atoms with van der Waals surface area (Å²) in [5, 5.41) is 0. The molecule has 4 aromatic rings. The summed E-state index contributed by atoms with van der Waals surface area (Å²) in [4.78, 5) is 9.09. The number of nitrogens with zero attached hydrogens (tertiary/aromatic N) is 4. The van der Waals surface area contributed by atoms with Crippen molar-refractivity contribution in [3.63, 3.8) is 0 Å². The summed E-state index contributed by atoms with van der Waals surface area (Å²) in [6.07, 6.45) is 8.14. The van der Waals surface area contributed by atoms with Crippen LogP contribution in [0.4, 0.5) is 0 Å². The molecule has 0 bridgehead atoms. The third kappa shape index (κ3) is 1.91. The van der Waals surface area contributed by atoms with Crippen molar-refractivity contribution in [2.45, 2.75) is 19.8 Å². The Balaban J connectivity index is 1.95. The lowest BCUT2D eigenvalue weighted by Gasteiger charge is -2.20. The summed E-state index contributed by atoms with van der Waals surface area (Å²) in [7, 11) is 0. The average Bonchev–Trinajstić information content (AvgIpc) is 3.13. The van der Waals surface area contributed by atoms with Gasteiger partial charge < -0.3 is 8.80 Å². The summed E-state index contributed by atoms with van der Waals surface area (Å²) < 4.78 is 4.35. The first kappa shape index (κ1) is 13.1. The predicted octanol–water partition coefficient (Wildman–Crippen LogP) is 3.77. The lowest BCUT2D eigenvalue weighted by molar-refractivity contribution is 0.535. The van der Waals surface area contributed by atoms with Gasteiger partial charge in [0.15, 0.2) is 0 Å². The summed E-state index contributed by atoms with van der Waals surface area (Å²) in [6.45, 7) is 4.49. The number of hydrogen-bond acceptors (Lipinski definition) is 2. The fourth-order valence-corrected chi connectivity index (χ4v) is 3.20. The van der Waals surface area contributed by atoms with Crippen molar-refractivity contribution < 1.29 is 0 Å². The van der Waals surface area contributed by atoms with E-state index < -0.39 is 0 Å². The molecule has 0 saturated heterocycles. The van der Waals surface area contributed by atoms with Gasteiger partial charge in [-0.2, -0.15) is 0 Å². The Morgan fingerprint density at radius 3 is 1.73 bits per heavy atom. The molecule has 22 heavy (non-hydrogen) atoms. The van der Waals surface area contributed by atoms with E-state index in [2.05, 4.69) is 45.0 Å². The van der Waals surface area contributed by atoms with Crippen molar-refractivity contribution in [3.05, 3.63) is 72.6 Å². The fraction of sp³-hybridized carbons (Fsp3) is 0.222. The summed E-state index contributed by atoms with van der Waals surface area (Å²) in [5.74, 6) is 0.690. The second-order valence-corrected chi connectivity index (χ2v) is 5.95. The van der Waals surface area contributed by atoms with Crippen molar-refractivity contribution in [1.82, 2.24) is 18.8 Å². The molecule has 4 heteroatoms. The van der Waals surface area contributed by atoms with Crippen molar-refractivity contribution in [3.8, 4) is 0 Å². The quantitative estimate of drug-likeness (QED) is 0.575. The minimum absolute atomic E-state index is 0.245. The normalized spacial score (nSPS) is 12.0. The molecule has 0 amide bonds. The van der Waals surface area contributed by atoms with Gasteiger partial charge in [0.1, 0.15) is 11.3 Å². The number of rotatable bonds is 3. The number of hydrogen-bond donors (Lipinski definition) is 0. The number of pyridine rings is 2. The van der Waals surface area contributed by atoms with E-state index in [9.17, 15) is 0 Å². The molecule has 4 nitrogen and oxygen atoms in total. The van der Waals surface area contributed by atoms with E-state index in [1.807, 2.05) is 48.8 Å². The Labute approximate surface area is 129 Å². The topological polar surface area (TPSA) is 34.6 Å². The van der Waals surface area contributed by atoms with Gasteiger partial charge in [-0.25, -0.2) is 9.97 Å². The maximum atomic E-state index is 4.55. The molecule has 0 radical (unpaired) electrons. The lowest BCUT2D eigenvalue weighted by Crippen LogP contribution is -2.13. The Morgan fingerprint density at radius 2 is 1.27 bits per heavy atom. The first-order valence-corrected chi connectivity index (χ1v) is 7.59. The summed E-state index contributed by atoms with van der Waals surface area (Å²) in [6, 6.07) is 12.2. The highest BCUT2D eigenvalue weighted by Crippen LogP contribution is 2.32. The maximum absolute atomic E-state index is 4.55. The van der Waals surface area contributed by atoms with Crippen LogP contribution in [-0.4, -0.2) is 18.8 Å². The highest BCUT2D eigenvalue weighted by molar-refractivity contribution is 5.45. The van der Waals surface area contributed by atoms with Crippen LogP contribution >= 0.6 is 0 Å². The van der Waals surface area contributed by atoms with E-state index in [0.29, 0.717) is 5.92 Å². The van der Waals surface area contributed by atoms with Gasteiger partial charge in [0.2, 0.25) is 0 Å². The SMILES string of the molecule is CC(C)C(c1cnc2ccccn12)c1cnc2ccccn12. The van der Waals surface area contributed by atoms with E-state index in [0.717, 1.165) is 11.3 Å². The Morgan fingerprint density at radius 1 is 0.773 bits per heavy atom. The molecule has 0 aliphatic rings. The Kier molecular flexibility index (Phi) is 2.96. The van der Waals surface area contributed by atoms with Gasteiger partial charge in [-0.15, -0.1) is 0 Å². The highest BCUT2D eigenvalue weighted by Gasteiger charge is 2.24. The van der Waals surface area contributed by atoms with E-state index >= 15 is 0 Å². The molecule has 0 aromatic carbocycles. The van der Waals surface area contributed by atoms with Gasteiger partial charge in [-0.1, -0.05) is 26.0 Å². The first-order chi connectivity index (χ1) is 10.8. The molecule has 4 aromatic heterocycles. The summed E-state index contributed by atoms with van der Waals surface area (Å²) >= 11 is 0. The molecule has 0 aliphatic carbocycles. The minimum Gasteiger partial charge on any atom is -0.303 e. The molecular formula is C18H18N4. The van der Waals surface area contributed by atoms with E-state index in [1.165, 1.54) is 11.4 Å². The Bertz CT molecular complexity index is 858. The largest absolute Gasteiger partial charge is 0.303 e. The number of fused-ring (bicyclic) bond motifs is 2. The zero-order chi connectivity index (χ0) is 15.1. The first-order valence-electron chi connectivity index (χ1n) is 7.59. The van der Waals surface area contributed by atoms with Crippen molar-refractivity contribution in [2.24, 2.45) is 5.92 Å². The molecule has 4 heterocycles. The van der Waals surface area contributed by atoms with Crippen LogP contribution in [-0.2, 0) is 0 Å². The highest BCUT2D eigenvalue weighted by atomic mass is 15.0. The molecule has 0 N–H and O–H groups in total. The standard InChI is InChI=1S/C18H18N4/c1-13(2)18(14-11-19-16-7-3-5-9-21(14)16)15-12-20-17-8-4-6-10-22(15)17/h3-13,18H,1-2H3. The summed E-state index contributed by atoms with van der Waals surface area (Å²) in [5.41, 5.74) is 4.38. The second-order valence-electron chi connectivity index (χ2n) is 5.95. The lowest BCUT2D eigenvalue weighted by atomic mass is 9.90. The van der Waals surface area contributed by atoms with Gasteiger partial charge in [0, 0.05) is 30.7 Å². The van der Waals surface area contributed by atoms with Crippen LogP contribution in [0.2, 0.25) is 0 Å². The predicted molar refractivity (Wildman–Crippen MR) is 87.1 cm³/mol. The zero-order valence-corrected chi connectivity index (χ0v) is 12.7. The number of imidazole rings is 2. The van der Waals surface area contributed by atoms with E-state index in [4.69, 9.17) is 0 Å². The Hall–Kier alpha value is -2.62. The monoisotopic (exact) mass is 290 g/mol. The van der Waals surface area contributed by atoms with Crippen LogP contribution < -0.4 is 0 Å². The average molecular weight is 290 g/mol. The molecular weight excluding hydrogens is 272 g/mol. The minimum atomic E-state index is 0.245. The second kappa shape index (κ2) is 4.98. The van der Waals surface area contributed by atoms with Gasteiger partial charge >= 0.3 is 0 Å². The van der Waals surface area contributed by atoms with Crippen molar-refractivity contribution in [1.29, 1.82) is 0 Å². The molecule has 0 aliphatic heterocycles. The fourth-order valence-electron chi connectivity index (χ4n) is 3.20. The molecule has 0 saturated carbocycles. The zero-order valence-electron chi connectivity index (χ0n) is 12.7. The molecule has 0 unspecified atom stereocenters. The van der Waals surface area contributed by atoms with Crippen LogP contribution in [0.3, 0.4) is 0 Å². The van der Waals surface area contributed by atoms with Crippen molar-refractivity contribution >= 4 is 11.3 Å². The van der Waals surface area contributed by atoms with E-state index in [1.54, 1.807) is 0 Å². The van der Waals surface area contributed by atoms with Crippen LogP contribution in [0.5, 0.6) is 0 Å². The van der Waals surface area contributed by atoms with Crippen LogP contribution in [0, 0.1) is 5.92 Å². The van der Waals surface area contributed by atoms with Crippen LogP contribution in [0.25, 0.3) is 11.3 Å². The van der Waals surface area contributed by atoms with E-state index in [-0.39, 0.29) is 5.92 Å². The third-order valence-electron chi connectivity index (χ3n) is 4.20. The molecule has 0 fully saturated rings. The molecule has 0 atom stereocenters.